The summed E-state index contributed by atoms with van der Waals surface area (Å²) in [5, 5.41) is 3.56. The number of para-hydroxylation sites is 2. The van der Waals surface area contributed by atoms with Gasteiger partial charge in [-0.05, 0) is 45.0 Å². The van der Waals surface area contributed by atoms with Crippen molar-refractivity contribution in [2.45, 2.75) is 31.9 Å². The maximum atomic E-state index is 5.95. The molecule has 2 heterocycles. The average molecular weight is 276 g/mol. The molecular formula is C16H24N2O2. The molecular weight excluding hydrogens is 252 g/mol. The van der Waals surface area contributed by atoms with Gasteiger partial charge in [-0.3, -0.25) is 0 Å². The molecule has 2 aliphatic heterocycles. The summed E-state index contributed by atoms with van der Waals surface area (Å²) >= 11 is 0. The second-order valence-corrected chi connectivity index (χ2v) is 5.81. The van der Waals surface area contributed by atoms with Crippen molar-refractivity contribution in [3.8, 4) is 11.5 Å². The molecule has 4 heteroatoms. The lowest BCUT2D eigenvalue weighted by atomic mass is 10.2. The van der Waals surface area contributed by atoms with Gasteiger partial charge in [0.05, 0.1) is 0 Å². The highest BCUT2D eigenvalue weighted by atomic mass is 16.6. The number of ether oxygens (including phenoxy) is 2. The third-order valence-electron chi connectivity index (χ3n) is 3.99. The van der Waals surface area contributed by atoms with E-state index in [1.54, 1.807) is 0 Å². The van der Waals surface area contributed by atoms with Gasteiger partial charge >= 0.3 is 0 Å². The van der Waals surface area contributed by atoms with Crippen LogP contribution in [0.1, 0.15) is 19.8 Å². The van der Waals surface area contributed by atoms with Gasteiger partial charge in [-0.25, -0.2) is 0 Å². The van der Waals surface area contributed by atoms with Crippen LogP contribution in [0.15, 0.2) is 24.3 Å². The lowest BCUT2D eigenvalue weighted by molar-refractivity contribution is 0.0874. The fourth-order valence-corrected chi connectivity index (χ4v) is 2.91. The molecule has 0 amide bonds. The standard InChI is InChI=1S/C16H24N2O2/c1-13(11-18-8-4-5-9-18)17-10-14-12-19-15-6-2-3-7-16(15)20-14/h2-3,6-7,13-14,17H,4-5,8-12H2,1H3. The predicted octanol–water partition coefficient (Wildman–Crippen LogP) is 1.90. The zero-order valence-corrected chi connectivity index (χ0v) is 12.2. The van der Waals surface area contributed by atoms with Crippen molar-refractivity contribution in [3.63, 3.8) is 0 Å². The number of likely N-dealkylation sites (tertiary alicyclic amines) is 1. The predicted molar refractivity (Wildman–Crippen MR) is 79.5 cm³/mol. The van der Waals surface area contributed by atoms with Crippen molar-refractivity contribution in [1.29, 1.82) is 0 Å². The lowest BCUT2D eigenvalue weighted by Gasteiger charge is -2.28. The molecule has 0 bridgehead atoms. The minimum absolute atomic E-state index is 0.103. The SMILES string of the molecule is CC(CN1CCCC1)NCC1COc2ccccc2O1. The summed E-state index contributed by atoms with van der Waals surface area (Å²) in [6.45, 7) is 7.34. The Bertz CT molecular complexity index is 432. The van der Waals surface area contributed by atoms with Crippen LogP contribution in [0.25, 0.3) is 0 Å². The van der Waals surface area contributed by atoms with E-state index in [0.717, 1.165) is 24.6 Å². The summed E-state index contributed by atoms with van der Waals surface area (Å²) in [7, 11) is 0. The summed E-state index contributed by atoms with van der Waals surface area (Å²) in [5.41, 5.74) is 0. The van der Waals surface area contributed by atoms with Gasteiger partial charge in [0.1, 0.15) is 12.7 Å². The fraction of sp³-hybridized carbons (Fsp3) is 0.625. The van der Waals surface area contributed by atoms with Crippen molar-refractivity contribution in [1.82, 2.24) is 10.2 Å². The third kappa shape index (κ3) is 3.44. The molecule has 2 unspecified atom stereocenters. The molecule has 1 fully saturated rings. The Balaban J connectivity index is 1.43. The molecule has 1 N–H and O–H groups in total. The van der Waals surface area contributed by atoms with E-state index in [2.05, 4.69) is 17.1 Å². The number of hydrogen-bond acceptors (Lipinski definition) is 4. The molecule has 0 aromatic heterocycles. The first-order chi connectivity index (χ1) is 9.81. The van der Waals surface area contributed by atoms with E-state index in [-0.39, 0.29) is 6.10 Å². The van der Waals surface area contributed by atoms with Crippen LogP contribution in [0.5, 0.6) is 11.5 Å². The summed E-state index contributed by atoms with van der Waals surface area (Å²) < 4.78 is 11.7. The van der Waals surface area contributed by atoms with Gasteiger partial charge in [0.25, 0.3) is 0 Å². The molecule has 0 spiro atoms. The second kappa shape index (κ2) is 6.46. The van der Waals surface area contributed by atoms with Crippen molar-refractivity contribution >= 4 is 0 Å². The first kappa shape index (κ1) is 13.7. The Hall–Kier alpha value is -1.26. The Morgan fingerprint density at radius 3 is 2.80 bits per heavy atom. The van der Waals surface area contributed by atoms with Gasteiger partial charge in [-0.2, -0.15) is 0 Å². The largest absolute Gasteiger partial charge is 0.486 e. The van der Waals surface area contributed by atoms with Crippen molar-refractivity contribution in [3.05, 3.63) is 24.3 Å². The topological polar surface area (TPSA) is 33.7 Å². The van der Waals surface area contributed by atoms with Crippen LogP contribution in [0.4, 0.5) is 0 Å². The van der Waals surface area contributed by atoms with Crippen LogP contribution in [0.3, 0.4) is 0 Å². The molecule has 3 rings (SSSR count). The smallest absolute Gasteiger partial charge is 0.161 e. The van der Waals surface area contributed by atoms with Crippen LogP contribution < -0.4 is 14.8 Å². The third-order valence-corrected chi connectivity index (χ3v) is 3.99. The maximum Gasteiger partial charge on any atom is 0.161 e. The monoisotopic (exact) mass is 276 g/mol. The average Bonchev–Trinajstić information content (AvgIpc) is 2.98. The number of nitrogens with one attached hydrogen (secondary N) is 1. The summed E-state index contributed by atoms with van der Waals surface area (Å²) in [6.07, 6.45) is 2.80. The van der Waals surface area contributed by atoms with Crippen LogP contribution in [0.2, 0.25) is 0 Å². The van der Waals surface area contributed by atoms with E-state index < -0.39 is 0 Å². The van der Waals surface area contributed by atoms with Gasteiger partial charge in [-0.15, -0.1) is 0 Å². The Morgan fingerprint density at radius 1 is 1.25 bits per heavy atom. The van der Waals surface area contributed by atoms with Crippen molar-refractivity contribution in [2.75, 3.05) is 32.8 Å². The minimum atomic E-state index is 0.103. The summed E-state index contributed by atoms with van der Waals surface area (Å²) in [5.74, 6) is 1.71. The van der Waals surface area contributed by atoms with Crippen LogP contribution >= 0.6 is 0 Å². The zero-order valence-electron chi connectivity index (χ0n) is 12.2. The number of fused-ring (bicyclic) bond motifs is 1. The number of hydrogen-bond donors (Lipinski definition) is 1. The van der Waals surface area contributed by atoms with Crippen molar-refractivity contribution < 1.29 is 9.47 Å². The molecule has 2 atom stereocenters. The molecule has 1 aromatic rings. The van der Waals surface area contributed by atoms with E-state index in [1.807, 2.05) is 24.3 Å². The number of nitrogens with zero attached hydrogens (tertiary/aromatic N) is 1. The van der Waals surface area contributed by atoms with E-state index in [0.29, 0.717) is 12.6 Å². The van der Waals surface area contributed by atoms with E-state index in [4.69, 9.17) is 9.47 Å². The molecule has 4 nitrogen and oxygen atoms in total. The molecule has 1 saturated heterocycles. The first-order valence-corrected chi connectivity index (χ1v) is 7.65. The Labute approximate surface area is 121 Å². The normalized spacial score (nSPS) is 23.8. The van der Waals surface area contributed by atoms with Gasteiger partial charge < -0.3 is 19.7 Å². The molecule has 2 aliphatic rings. The highest BCUT2D eigenvalue weighted by Gasteiger charge is 2.21. The fourth-order valence-electron chi connectivity index (χ4n) is 2.91. The van der Waals surface area contributed by atoms with E-state index in [9.17, 15) is 0 Å². The van der Waals surface area contributed by atoms with Crippen molar-refractivity contribution in [2.24, 2.45) is 0 Å². The Morgan fingerprint density at radius 2 is 2.00 bits per heavy atom. The van der Waals surface area contributed by atoms with Gasteiger partial charge in [0, 0.05) is 19.1 Å². The molecule has 110 valence electrons. The van der Waals surface area contributed by atoms with Gasteiger partial charge in [0.15, 0.2) is 11.5 Å². The van der Waals surface area contributed by atoms with E-state index in [1.165, 1.54) is 25.9 Å². The van der Waals surface area contributed by atoms with Crippen LogP contribution in [-0.4, -0.2) is 49.8 Å². The molecule has 0 aliphatic carbocycles. The number of rotatable bonds is 5. The van der Waals surface area contributed by atoms with Gasteiger partial charge in [0.2, 0.25) is 0 Å². The highest BCUT2D eigenvalue weighted by Crippen LogP contribution is 2.30. The summed E-state index contributed by atoms with van der Waals surface area (Å²) in [4.78, 5) is 2.53. The number of benzene rings is 1. The molecule has 0 radical (unpaired) electrons. The molecule has 1 aromatic carbocycles. The minimum Gasteiger partial charge on any atom is -0.486 e. The maximum absolute atomic E-state index is 5.95. The van der Waals surface area contributed by atoms with Gasteiger partial charge in [-0.1, -0.05) is 12.1 Å². The second-order valence-electron chi connectivity index (χ2n) is 5.81. The summed E-state index contributed by atoms with van der Waals surface area (Å²) in [6, 6.07) is 8.37. The van der Waals surface area contributed by atoms with E-state index >= 15 is 0 Å². The first-order valence-electron chi connectivity index (χ1n) is 7.65. The zero-order chi connectivity index (χ0) is 13.8. The highest BCUT2D eigenvalue weighted by molar-refractivity contribution is 5.40. The lowest BCUT2D eigenvalue weighted by Crippen LogP contribution is -2.45. The van der Waals surface area contributed by atoms with Crippen LogP contribution in [-0.2, 0) is 0 Å². The molecule has 0 saturated carbocycles. The quantitative estimate of drug-likeness (QED) is 0.890. The Kier molecular flexibility index (Phi) is 4.43. The van der Waals surface area contributed by atoms with Crippen LogP contribution in [0, 0.1) is 0 Å². The molecule has 20 heavy (non-hydrogen) atoms.